The van der Waals surface area contributed by atoms with Gasteiger partial charge in [0.2, 0.25) is 0 Å². The van der Waals surface area contributed by atoms with E-state index in [0.29, 0.717) is 5.56 Å². The Morgan fingerprint density at radius 1 is 1.24 bits per heavy atom. The third kappa shape index (κ3) is 2.68. The molecule has 0 spiro atoms. The minimum absolute atomic E-state index is 0.00278. The lowest BCUT2D eigenvalue weighted by Gasteiger charge is -2.34. The van der Waals surface area contributed by atoms with Gasteiger partial charge in [0.25, 0.3) is 11.5 Å². The van der Waals surface area contributed by atoms with Crippen LogP contribution in [0.15, 0.2) is 29.1 Å². The Labute approximate surface area is 143 Å². The second-order valence-corrected chi connectivity index (χ2v) is 6.35. The molecule has 10 heteroatoms. The molecular weight excluding hydrogens is 359 g/mol. The van der Waals surface area contributed by atoms with Crippen molar-refractivity contribution in [2.24, 2.45) is 0 Å². The van der Waals surface area contributed by atoms with Gasteiger partial charge in [0.05, 0.1) is 12.6 Å². The molecule has 1 fully saturated rings. The topological polar surface area (TPSA) is 65.6 Å². The summed E-state index contributed by atoms with van der Waals surface area (Å²) in [7, 11) is 0. The van der Waals surface area contributed by atoms with E-state index in [9.17, 15) is 18.0 Å². The first-order chi connectivity index (χ1) is 11.9. The molecule has 1 aromatic carbocycles. The lowest BCUT2D eigenvalue weighted by molar-refractivity contribution is -0.108. The van der Waals surface area contributed by atoms with Crippen LogP contribution >= 0.6 is 11.6 Å². The summed E-state index contributed by atoms with van der Waals surface area (Å²) in [5.41, 5.74) is -0.319. The molecule has 0 N–H and O–H groups in total. The van der Waals surface area contributed by atoms with E-state index in [0.717, 1.165) is 4.68 Å². The molecule has 0 aliphatic heterocycles. The first-order valence-corrected chi connectivity index (χ1v) is 7.86. The number of nitrogens with zero attached hydrogens (tertiary/aromatic N) is 5. The number of hydrogen-bond donors (Lipinski definition) is 0. The van der Waals surface area contributed by atoms with Crippen LogP contribution in [0, 0.1) is 5.82 Å². The summed E-state index contributed by atoms with van der Waals surface area (Å²) < 4.78 is 42.0. The van der Waals surface area contributed by atoms with Crippen LogP contribution in [-0.2, 0) is 6.54 Å². The molecule has 0 radical (unpaired) electrons. The van der Waals surface area contributed by atoms with Gasteiger partial charge in [-0.2, -0.15) is 5.10 Å². The van der Waals surface area contributed by atoms with E-state index in [4.69, 9.17) is 11.6 Å². The van der Waals surface area contributed by atoms with E-state index in [2.05, 4.69) is 15.4 Å². The Balaban J connectivity index is 1.74. The highest BCUT2D eigenvalue weighted by molar-refractivity contribution is 6.33. The predicted molar refractivity (Wildman–Crippen MR) is 83.3 cm³/mol. The second kappa shape index (κ2) is 5.55. The molecule has 1 aliphatic carbocycles. The van der Waals surface area contributed by atoms with Crippen molar-refractivity contribution in [3.63, 3.8) is 0 Å². The Morgan fingerprint density at radius 2 is 1.96 bits per heavy atom. The number of hydrogen-bond acceptors (Lipinski definition) is 4. The number of alkyl halides is 2. The maximum atomic E-state index is 13.8. The molecule has 2 heterocycles. The van der Waals surface area contributed by atoms with Crippen LogP contribution in [0.25, 0.3) is 11.0 Å². The molecule has 0 unspecified atom stereocenters. The van der Waals surface area contributed by atoms with Gasteiger partial charge < -0.3 is 0 Å². The van der Waals surface area contributed by atoms with E-state index in [1.54, 1.807) is 18.2 Å². The van der Waals surface area contributed by atoms with Gasteiger partial charge in [-0.3, -0.25) is 4.79 Å². The molecule has 0 bridgehead atoms. The van der Waals surface area contributed by atoms with Gasteiger partial charge in [-0.25, -0.2) is 22.5 Å². The van der Waals surface area contributed by atoms with Crippen LogP contribution in [-0.4, -0.2) is 30.7 Å². The minimum atomic E-state index is -2.79. The number of halogens is 4. The molecule has 130 valence electrons. The van der Waals surface area contributed by atoms with E-state index >= 15 is 0 Å². The van der Waals surface area contributed by atoms with Crippen LogP contribution in [0.4, 0.5) is 13.2 Å². The van der Waals surface area contributed by atoms with Crippen LogP contribution < -0.4 is 5.56 Å². The van der Waals surface area contributed by atoms with E-state index in [1.807, 2.05) is 0 Å². The maximum absolute atomic E-state index is 13.8. The molecule has 6 nitrogen and oxygen atoms in total. The quantitative estimate of drug-likeness (QED) is 0.712. The average molecular weight is 370 g/mol. The normalized spacial score (nSPS) is 17.0. The molecule has 0 atom stereocenters. The van der Waals surface area contributed by atoms with Crippen molar-refractivity contribution in [1.29, 1.82) is 0 Å². The van der Waals surface area contributed by atoms with Gasteiger partial charge in [-0.1, -0.05) is 35.0 Å². The first kappa shape index (κ1) is 16.1. The van der Waals surface area contributed by atoms with E-state index < -0.39 is 36.2 Å². The Kier molecular flexibility index (Phi) is 3.57. The molecule has 3 aromatic rings. The van der Waals surface area contributed by atoms with Crippen LogP contribution in [0.5, 0.6) is 0 Å². The van der Waals surface area contributed by atoms with Gasteiger partial charge in [-0.15, -0.1) is 5.10 Å². The largest absolute Gasteiger partial charge is 0.298 e. The maximum Gasteiger partial charge on any atom is 0.298 e. The molecule has 0 amide bonds. The molecule has 4 rings (SSSR count). The number of rotatable bonds is 3. The zero-order valence-electron chi connectivity index (χ0n) is 12.7. The van der Waals surface area contributed by atoms with Crippen molar-refractivity contribution >= 4 is 22.6 Å². The zero-order chi connectivity index (χ0) is 17.8. The molecular formula is C15H11ClF3N5O. The van der Waals surface area contributed by atoms with E-state index in [-0.39, 0.29) is 22.7 Å². The number of aromatic nitrogens is 5. The highest BCUT2D eigenvalue weighted by Gasteiger charge is 2.47. The summed E-state index contributed by atoms with van der Waals surface area (Å²) in [5.74, 6) is -3.22. The number of fused-ring (bicyclic) bond motifs is 1. The summed E-state index contributed by atoms with van der Waals surface area (Å²) in [5, 5.41) is 11.7. The lowest BCUT2D eigenvalue weighted by atomic mass is 9.88. The Hall–Kier alpha value is -2.42. The van der Waals surface area contributed by atoms with Crippen molar-refractivity contribution in [3.05, 3.63) is 51.2 Å². The third-order valence-electron chi connectivity index (χ3n) is 4.21. The number of benzene rings is 1. The minimum Gasteiger partial charge on any atom is -0.265 e. The first-order valence-electron chi connectivity index (χ1n) is 7.48. The Bertz CT molecular complexity index is 1020. The molecule has 2 aromatic heterocycles. The summed E-state index contributed by atoms with van der Waals surface area (Å²) in [6, 6.07) is 5.38. The molecule has 1 aliphatic rings. The molecule has 0 saturated heterocycles. The highest BCUT2D eigenvalue weighted by atomic mass is 35.5. The zero-order valence-corrected chi connectivity index (χ0v) is 13.4. The van der Waals surface area contributed by atoms with Crippen molar-refractivity contribution in [2.75, 3.05) is 0 Å². The SMILES string of the molecule is O=c1c2nn(Cc3ccccc3F)c(Cl)c2nnn1C1CC(F)(F)C1. The summed E-state index contributed by atoms with van der Waals surface area (Å²) >= 11 is 6.16. The van der Waals surface area contributed by atoms with Crippen LogP contribution in [0.3, 0.4) is 0 Å². The standard InChI is InChI=1S/C15H11ClF3N5O/c16-13-11-12(21-23(13)7-8-3-1-2-4-10(8)17)14(25)24(22-20-11)9-5-15(18,19)6-9/h1-4,9H,5-7H2. The predicted octanol–water partition coefficient (Wildman–Crippen LogP) is 2.80. The van der Waals surface area contributed by atoms with Crippen molar-refractivity contribution in [1.82, 2.24) is 24.8 Å². The molecule has 1 saturated carbocycles. The third-order valence-corrected chi connectivity index (χ3v) is 4.59. The average Bonchev–Trinajstić information content (AvgIpc) is 2.85. The fraction of sp³-hybridized carbons (Fsp3) is 0.333. The van der Waals surface area contributed by atoms with Crippen molar-refractivity contribution < 1.29 is 13.2 Å². The summed E-state index contributed by atoms with van der Waals surface area (Å²) in [6.07, 6.45) is -0.923. The van der Waals surface area contributed by atoms with Crippen LogP contribution in [0.1, 0.15) is 24.4 Å². The fourth-order valence-electron chi connectivity index (χ4n) is 2.84. The highest BCUT2D eigenvalue weighted by Crippen LogP contribution is 2.44. The lowest BCUT2D eigenvalue weighted by Crippen LogP contribution is -2.42. The van der Waals surface area contributed by atoms with Gasteiger partial charge in [0, 0.05) is 18.4 Å². The monoisotopic (exact) mass is 369 g/mol. The Morgan fingerprint density at radius 3 is 2.64 bits per heavy atom. The van der Waals surface area contributed by atoms with Gasteiger partial charge in [0.1, 0.15) is 5.82 Å². The van der Waals surface area contributed by atoms with Gasteiger partial charge in [-0.05, 0) is 6.07 Å². The fourth-order valence-corrected chi connectivity index (χ4v) is 3.07. The van der Waals surface area contributed by atoms with E-state index in [1.165, 1.54) is 10.7 Å². The van der Waals surface area contributed by atoms with Gasteiger partial charge >= 0.3 is 0 Å². The van der Waals surface area contributed by atoms with Crippen molar-refractivity contribution in [2.45, 2.75) is 31.4 Å². The van der Waals surface area contributed by atoms with Crippen LogP contribution in [0.2, 0.25) is 5.15 Å². The van der Waals surface area contributed by atoms with Crippen molar-refractivity contribution in [3.8, 4) is 0 Å². The van der Waals surface area contributed by atoms with Gasteiger partial charge in [0.15, 0.2) is 16.2 Å². The summed E-state index contributed by atoms with van der Waals surface area (Å²) in [6.45, 7) is 0.00278. The second-order valence-electron chi connectivity index (χ2n) is 5.99. The summed E-state index contributed by atoms with van der Waals surface area (Å²) in [4.78, 5) is 12.5. The molecule has 25 heavy (non-hydrogen) atoms. The smallest absolute Gasteiger partial charge is 0.265 e.